The first-order valence-corrected chi connectivity index (χ1v) is 14.6. The zero-order chi connectivity index (χ0) is 28.8. The van der Waals surface area contributed by atoms with Crippen LogP contribution in [0, 0.1) is 5.82 Å². The van der Waals surface area contributed by atoms with E-state index in [2.05, 4.69) is 17.0 Å². The van der Waals surface area contributed by atoms with E-state index in [9.17, 15) is 19.1 Å². The summed E-state index contributed by atoms with van der Waals surface area (Å²) in [5.74, 6) is -2.61. The average molecular weight is 576 g/mol. The van der Waals surface area contributed by atoms with Gasteiger partial charge in [0.2, 0.25) is 0 Å². The second-order valence-electron chi connectivity index (χ2n) is 11.5. The smallest absolute Gasteiger partial charge is 0.337 e. The molecule has 42 heavy (non-hydrogen) atoms. The second-order valence-corrected chi connectivity index (χ2v) is 11.5. The largest absolute Gasteiger partial charge is 0.478 e. The number of amides is 1. The van der Waals surface area contributed by atoms with Gasteiger partial charge in [-0.15, -0.1) is 0 Å². The Morgan fingerprint density at radius 2 is 1.71 bits per heavy atom. The van der Waals surface area contributed by atoms with Gasteiger partial charge in [-0.05, 0) is 41.8 Å². The van der Waals surface area contributed by atoms with Crippen LogP contribution in [-0.2, 0) is 40.1 Å². The normalized spacial score (nSPS) is 21.7. The van der Waals surface area contributed by atoms with E-state index in [0.717, 1.165) is 25.1 Å². The van der Waals surface area contributed by atoms with Crippen LogP contribution < -0.4 is 0 Å². The summed E-state index contributed by atoms with van der Waals surface area (Å²) in [6, 6.07) is 13.9. The molecule has 1 atom stereocenters. The fourth-order valence-electron chi connectivity index (χ4n) is 6.95. The van der Waals surface area contributed by atoms with Crippen molar-refractivity contribution in [2.24, 2.45) is 0 Å². The highest BCUT2D eigenvalue weighted by Crippen LogP contribution is 2.40. The molecule has 2 aromatic carbocycles. The van der Waals surface area contributed by atoms with E-state index < -0.39 is 17.6 Å². The maximum Gasteiger partial charge on any atom is 0.337 e. The van der Waals surface area contributed by atoms with Crippen LogP contribution >= 0.6 is 0 Å². The van der Waals surface area contributed by atoms with Crippen molar-refractivity contribution in [2.75, 3.05) is 46.1 Å². The van der Waals surface area contributed by atoms with Crippen molar-refractivity contribution in [2.45, 2.75) is 44.2 Å². The van der Waals surface area contributed by atoms with E-state index in [1.54, 1.807) is 6.07 Å². The number of aromatic nitrogens is 1. The van der Waals surface area contributed by atoms with E-state index >= 15 is 0 Å². The second kappa shape index (κ2) is 10.9. The van der Waals surface area contributed by atoms with Crippen LogP contribution in [0.5, 0.6) is 0 Å². The molecule has 0 bridgehead atoms. The number of hydrogen-bond acceptors (Lipinski definition) is 6. The van der Waals surface area contributed by atoms with Crippen LogP contribution in [0.4, 0.5) is 4.39 Å². The lowest BCUT2D eigenvalue weighted by Crippen LogP contribution is -2.52. The van der Waals surface area contributed by atoms with E-state index in [1.807, 2.05) is 21.6 Å². The molecule has 2 fully saturated rings. The number of benzene rings is 2. The van der Waals surface area contributed by atoms with Crippen LogP contribution in [0.1, 0.15) is 44.0 Å². The van der Waals surface area contributed by atoms with E-state index in [-0.39, 0.29) is 23.9 Å². The van der Waals surface area contributed by atoms with Crippen molar-refractivity contribution in [3.05, 3.63) is 82.3 Å². The van der Waals surface area contributed by atoms with E-state index in [1.165, 1.54) is 23.8 Å². The summed E-state index contributed by atoms with van der Waals surface area (Å²) in [5, 5.41) is 10.1. The first-order chi connectivity index (χ1) is 20.4. The minimum Gasteiger partial charge on any atom is -0.478 e. The lowest BCUT2D eigenvalue weighted by atomic mass is 9.92. The minimum absolute atomic E-state index is 0.0734. The predicted molar refractivity (Wildman–Crippen MR) is 151 cm³/mol. The lowest BCUT2D eigenvalue weighted by Gasteiger charge is -2.40. The zero-order valence-corrected chi connectivity index (χ0v) is 23.4. The van der Waals surface area contributed by atoms with Crippen molar-refractivity contribution in [1.29, 1.82) is 0 Å². The minimum atomic E-state index is -1.08. The van der Waals surface area contributed by atoms with Crippen LogP contribution in [0.15, 0.2) is 48.5 Å². The number of carboxylic acid groups (broad SMARTS) is 1. The van der Waals surface area contributed by atoms with Crippen LogP contribution in [0.2, 0.25) is 0 Å². The first kappa shape index (κ1) is 27.3. The number of morpholine rings is 1. The summed E-state index contributed by atoms with van der Waals surface area (Å²) in [6.45, 7) is 5.47. The fraction of sp³-hybridized carbons (Fsp3) is 0.438. The number of rotatable bonds is 5. The molecule has 9 nitrogen and oxygen atoms in total. The highest BCUT2D eigenvalue weighted by Gasteiger charge is 2.43. The summed E-state index contributed by atoms with van der Waals surface area (Å²) in [5.41, 5.74) is 4.27. The van der Waals surface area contributed by atoms with Gasteiger partial charge in [0.05, 0.1) is 37.7 Å². The van der Waals surface area contributed by atoms with E-state index in [0.29, 0.717) is 75.0 Å². The first-order valence-electron chi connectivity index (χ1n) is 14.6. The molecule has 0 aliphatic carbocycles. The van der Waals surface area contributed by atoms with Gasteiger partial charge in [-0.3, -0.25) is 9.69 Å². The quantitative estimate of drug-likeness (QED) is 0.497. The molecule has 1 aromatic heterocycles. The summed E-state index contributed by atoms with van der Waals surface area (Å²) in [6.07, 6.45) is 1.53. The number of carboxylic acids is 1. The van der Waals surface area contributed by atoms with Crippen LogP contribution in [-0.4, -0.2) is 89.2 Å². The molecule has 2 saturated heterocycles. The van der Waals surface area contributed by atoms with Gasteiger partial charge in [0.15, 0.2) is 5.79 Å². The molecule has 7 rings (SSSR count). The molecule has 220 valence electrons. The van der Waals surface area contributed by atoms with Crippen molar-refractivity contribution in [3.8, 4) is 11.3 Å². The Bertz CT molecular complexity index is 1520. The highest BCUT2D eigenvalue weighted by molar-refractivity contribution is 6.02. The number of carbonyl (C=O) groups excluding carboxylic acids is 1. The number of hydrogen-bond donors (Lipinski definition) is 1. The van der Waals surface area contributed by atoms with Gasteiger partial charge in [0.25, 0.3) is 5.91 Å². The number of aromatic carboxylic acids is 1. The number of fused-ring (bicyclic) bond motifs is 2. The number of nitrogens with zero attached hydrogens (tertiary/aromatic N) is 3. The summed E-state index contributed by atoms with van der Waals surface area (Å²) in [7, 11) is 0. The number of carbonyl (C=O) groups is 2. The Kier molecular flexibility index (Phi) is 7.09. The van der Waals surface area contributed by atoms with Crippen LogP contribution in [0.3, 0.4) is 0 Å². The van der Waals surface area contributed by atoms with Gasteiger partial charge in [-0.1, -0.05) is 24.3 Å². The zero-order valence-electron chi connectivity index (χ0n) is 23.4. The summed E-state index contributed by atoms with van der Waals surface area (Å²) >= 11 is 0. The Balaban J connectivity index is 1.28. The molecule has 10 heteroatoms. The van der Waals surface area contributed by atoms with Gasteiger partial charge in [0, 0.05) is 68.4 Å². The van der Waals surface area contributed by atoms with Crippen molar-refractivity contribution < 1.29 is 33.3 Å². The van der Waals surface area contributed by atoms with Gasteiger partial charge in [-0.2, -0.15) is 0 Å². The number of ether oxygens (including phenoxy) is 3. The molecule has 1 N–H and O–H groups in total. The van der Waals surface area contributed by atoms with Crippen LogP contribution in [0.25, 0.3) is 11.3 Å². The summed E-state index contributed by atoms with van der Waals surface area (Å²) < 4.78 is 34.1. The van der Waals surface area contributed by atoms with Crippen molar-refractivity contribution in [3.63, 3.8) is 0 Å². The number of halogens is 1. The maximum atomic E-state index is 14.9. The molecule has 4 aliphatic heterocycles. The molecule has 5 heterocycles. The van der Waals surface area contributed by atoms with E-state index in [4.69, 9.17) is 14.2 Å². The van der Waals surface area contributed by atoms with Gasteiger partial charge in [0.1, 0.15) is 5.82 Å². The topological polar surface area (TPSA) is 93.5 Å². The molecule has 0 unspecified atom stereocenters. The average Bonchev–Trinajstić information content (AvgIpc) is 3.61. The Morgan fingerprint density at radius 1 is 0.952 bits per heavy atom. The third kappa shape index (κ3) is 4.92. The fourth-order valence-corrected chi connectivity index (χ4v) is 6.95. The Morgan fingerprint density at radius 3 is 2.48 bits per heavy atom. The SMILES string of the molecule is O=C(O)c1cc(-c2cc(F)ccc2C(=O)N2Cc3ccccc3C[C@H]2CN2CCOCC2)n2c1CC1(CC2)OCCO1. The van der Waals surface area contributed by atoms with Crippen molar-refractivity contribution >= 4 is 11.9 Å². The molecular weight excluding hydrogens is 541 g/mol. The third-order valence-corrected chi connectivity index (χ3v) is 9.08. The van der Waals surface area contributed by atoms with Gasteiger partial charge < -0.3 is 28.8 Å². The molecule has 4 aliphatic rings. The Labute approximate surface area is 243 Å². The molecule has 1 amide bonds. The molecule has 0 saturated carbocycles. The summed E-state index contributed by atoms with van der Waals surface area (Å²) in [4.78, 5) is 31.1. The maximum absolute atomic E-state index is 14.9. The molecular formula is C32H34FN3O6. The molecule has 1 spiro atoms. The van der Waals surface area contributed by atoms with Gasteiger partial charge in [-0.25, -0.2) is 9.18 Å². The molecule has 0 radical (unpaired) electrons. The standard InChI is InChI=1S/C32H34FN3O6/c33-23-5-6-25(26(16-23)28-17-27(31(38)39)29-18-32(7-8-35(28)29)41-13-14-42-32)30(37)36-19-22-4-2-1-3-21(22)15-24(36)20-34-9-11-40-12-10-34/h1-6,16-17,24H,7-15,18-20H2,(H,38,39)/t24-/m0/s1. The van der Waals surface area contributed by atoms with Crippen molar-refractivity contribution in [1.82, 2.24) is 14.4 Å². The molecule has 3 aromatic rings. The third-order valence-electron chi connectivity index (χ3n) is 9.08. The lowest BCUT2D eigenvalue weighted by molar-refractivity contribution is -0.169. The Hall–Kier alpha value is -3.57. The highest BCUT2D eigenvalue weighted by atomic mass is 19.1. The monoisotopic (exact) mass is 575 g/mol. The predicted octanol–water partition coefficient (Wildman–Crippen LogP) is 3.58. The van der Waals surface area contributed by atoms with Gasteiger partial charge >= 0.3 is 5.97 Å².